The molecule has 0 N–H and O–H groups in total. The molecule has 0 spiro atoms. The lowest BCUT2D eigenvalue weighted by Gasteiger charge is -2.29. The Morgan fingerprint density at radius 1 is 0.976 bits per heavy atom. The molecule has 1 aliphatic rings. The van der Waals surface area contributed by atoms with Crippen molar-refractivity contribution in [3.63, 3.8) is 0 Å². The van der Waals surface area contributed by atoms with Gasteiger partial charge in [0.15, 0.2) is 0 Å². The number of aryl methyl sites for hydroxylation is 1. The fourth-order valence-corrected chi connectivity index (χ4v) is 5.43. The van der Waals surface area contributed by atoms with Gasteiger partial charge in [0.25, 0.3) is 5.56 Å². The van der Waals surface area contributed by atoms with Crippen LogP contribution in [-0.2, 0) is 14.3 Å². The summed E-state index contributed by atoms with van der Waals surface area (Å²) in [4.78, 5) is 28.6. The number of rotatable bonds is 5. The smallest absolute Gasteiger partial charge is 0.279 e. The number of methoxy groups -OCH3 is 1. The average molecular weight is 583 g/mol. The normalized spacial score (nSPS) is 12.6. The van der Waals surface area contributed by atoms with Gasteiger partial charge in [-0.25, -0.2) is 4.98 Å². The Morgan fingerprint density at radius 3 is 2.33 bits per heavy atom. The first kappa shape index (κ1) is 30.5. The third-order valence-corrected chi connectivity index (χ3v) is 7.57. The zero-order valence-corrected chi connectivity index (χ0v) is 24.9. The van der Waals surface area contributed by atoms with E-state index in [1.54, 1.807) is 36.4 Å². The predicted octanol–water partition coefficient (Wildman–Crippen LogP) is 6.04. The molecule has 42 heavy (non-hydrogen) atoms. The second kappa shape index (κ2) is 14.5. The molecule has 0 unspecified atom stereocenters. The summed E-state index contributed by atoms with van der Waals surface area (Å²) in [5.41, 5.74) is 6.31. The number of carbonyl (C=O) groups is 1. The van der Waals surface area contributed by atoms with Crippen LogP contribution in [0.5, 0.6) is 0 Å². The lowest BCUT2D eigenvalue weighted by molar-refractivity contribution is -0.0980. The fourth-order valence-electron chi connectivity index (χ4n) is 4.81. The Bertz CT molecular complexity index is 1710. The highest BCUT2D eigenvalue weighted by Crippen LogP contribution is 2.32. The molecule has 9 heteroatoms. The van der Waals surface area contributed by atoms with Crippen LogP contribution in [0, 0.1) is 6.92 Å². The van der Waals surface area contributed by atoms with Gasteiger partial charge in [0.1, 0.15) is 11.8 Å². The summed E-state index contributed by atoms with van der Waals surface area (Å²) in [7, 11) is 3.25. The molecule has 0 amide bonds. The molecule has 3 aromatic carbocycles. The van der Waals surface area contributed by atoms with Crippen molar-refractivity contribution in [2.75, 3.05) is 45.4 Å². The minimum absolute atomic E-state index is 0.137. The summed E-state index contributed by atoms with van der Waals surface area (Å²) in [6.07, 6.45) is 3.63. The highest BCUT2D eigenvalue weighted by Gasteiger charge is 2.18. The lowest BCUT2D eigenvalue weighted by atomic mass is 10.00. The number of anilines is 1. The number of carbonyl (C=O) groups excluding carboxylic acids is 1. The monoisotopic (exact) mass is 582 g/mol. The van der Waals surface area contributed by atoms with E-state index in [1.165, 1.54) is 0 Å². The molecule has 1 saturated heterocycles. The Balaban J connectivity index is 0.000000763. The van der Waals surface area contributed by atoms with Crippen molar-refractivity contribution in [1.82, 2.24) is 14.8 Å². The van der Waals surface area contributed by atoms with Gasteiger partial charge in [0.2, 0.25) is 0 Å². The van der Waals surface area contributed by atoms with Crippen LogP contribution in [-0.4, -0.2) is 62.1 Å². The maximum atomic E-state index is 13.8. The zero-order chi connectivity index (χ0) is 30.1. The molecule has 0 bridgehead atoms. The van der Waals surface area contributed by atoms with Gasteiger partial charge in [-0.3, -0.25) is 4.79 Å². The van der Waals surface area contributed by atoms with E-state index in [4.69, 9.17) is 14.6 Å². The number of ether oxygens (including phenoxy) is 2. The minimum Gasteiger partial charge on any atom is -0.388 e. The van der Waals surface area contributed by atoms with Crippen LogP contribution in [0.1, 0.15) is 11.1 Å². The van der Waals surface area contributed by atoms with Crippen LogP contribution >= 0.6 is 11.3 Å². The number of fused-ring (bicyclic) bond motifs is 1. The van der Waals surface area contributed by atoms with E-state index in [0.717, 1.165) is 62.8 Å². The van der Waals surface area contributed by atoms with Gasteiger partial charge in [0.05, 0.1) is 30.0 Å². The van der Waals surface area contributed by atoms with Crippen molar-refractivity contribution in [3.05, 3.63) is 100 Å². The van der Waals surface area contributed by atoms with Gasteiger partial charge in [-0.15, -0.1) is 11.3 Å². The first-order valence-corrected chi connectivity index (χ1v) is 14.2. The van der Waals surface area contributed by atoms with Crippen LogP contribution in [0.2, 0.25) is 0 Å². The topological polar surface area (TPSA) is 86.6 Å². The Morgan fingerprint density at radius 2 is 1.67 bits per heavy atom. The van der Waals surface area contributed by atoms with Gasteiger partial charge in [-0.1, -0.05) is 36.9 Å². The molecular weight excluding hydrogens is 548 g/mol. The zero-order valence-electron chi connectivity index (χ0n) is 24.1. The number of thiazole rings is 1. The van der Waals surface area contributed by atoms with Gasteiger partial charge in [-0.05, 0) is 54.4 Å². The molecule has 3 heterocycles. The van der Waals surface area contributed by atoms with Crippen molar-refractivity contribution in [2.45, 2.75) is 6.92 Å². The number of hydrogen-bond acceptors (Lipinski definition) is 8. The molecule has 0 atom stereocenters. The fraction of sp³-hybridized carbons (Fsp3) is 0.212. The molecular formula is C33H34N4O4S. The summed E-state index contributed by atoms with van der Waals surface area (Å²) in [6.45, 7) is 11.0. The standard InChI is InChI=1S/C30H26N4O2S.C2H6O.CH2O/c1-3-21-16-22(18-23(17-21)29-31-10-15-37-29)28-25-6-4-5-7-26(25)30(35)34(32-28)27-19-24(9-8-20(27)2)33-11-13-36-14-12-33;1-3-2;1-2/h3-10,15-19H,1,11-14H2,2H3;1-2H3;1H2. The second-order valence-electron chi connectivity index (χ2n) is 9.47. The number of hydrogen-bond donors (Lipinski definition) is 0. The summed E-state index contributed by atoms with van der Waals surface area (Å²) in [5.74, 6) is 0. The predicted molar refractivity (Wildman–Crippen MR) is 172 cm³/mol. The van der Waals surface area contributed by atoms with E-state index in [0.29, 0.717) is 18.6 Å². The molecule has 216 valence electrons. The van der Waals surface area contributed by atoms with Gasteiger partial charge < -0.3 is 19.2 Å². The lowest BCUT2D eigenvalue weighted by Crippen LogP contribution is -2.36. The van der Waals surface area contributed by atoms with Crippen molar-refractivity contribution >= 4 is 40.7 Å². The third-order valence-electron chi connectivity index (χ3n) is 6.75. The van der Waals surface area contributed by atoms with E-state index in [2.05, 4.69) is 57.6 Å². The molecule has 0 saturated carbocycles. The summed E-state index contributed by atoms with van der Waals surface area (Å²) in [5, 5.41) is 9.33. The average Bonchev–Trinajstić information content (AvgIpc) is 3.59. The third kappa shape index (κ3) is 6.54. The minimum atomic E-state index is -0.137. The molecule has 0 radical (unpaired) electrons. The number of aromatic nitrogens is 3. The van der Waals surface area contributed by atoms with Gasteiger partial charge >= 0.3 is 0 Å². The second-order valence-corrected chi connectivity index (χ2v) is 10.4. The van der Waals surface area contributed by atoms with E-state index in [-0.39, 0.29) is 5.56 Å². The largest absolute Gasteiger partial charge is 0.388 e. The first-order valence-electron chi connectivity index (χ1n) is 13.4. The molecule has 5 aromatic rings. The van der Waals surface area contributed by atoms with Crippen LogP contribution in [0.25, 0.3) is 44.4 Å². The van der Waals surface area contributed by atoms with Crippen LogP contribution < -0.4 is 10.5 Å². The maximum absolute atomic E-state index is 13.8. The van der Waals surface area contributed by atoms with Crippen LogP contribution in [0.15, 0.2) is 83.6 Å². The van der Waals surface area contributed by atoms with E-state index in [9.17, 15) is 4.79 Å². The van der Waals surface area contributed by atoms with Gasteiger partial charge in [-0.2, -0.15) is 9.78 Å². The Hall–Kier alpha value is -4.44. The van der Waals surface area contributed by atoms with Crippen LogP contribution in [0.3, 0.4) is 0 Å². The molecule has 8 nitrogen and oxygen atoms in total. The van der Waals surface area contributed by atoms with E-state index >= 15 is 0 Å². The highest BCUT2D eigenvalue weighted by molar-refractivity contribution is 7.13. The number of nitrogens with zero attached hydrogens (tertiary/aromatic N) is 4. The summed E-state index contributed by atoms with van der Waals surface area (Å²) in [6, 6.07) is 20.1. The highest BCUT2D eigenvalue weighted by atomic mass is 32.1. The molecule has 0 aliphatic carbocycles. The van der Waals surface area contributed by atoms with E-state index in [1.807, 2.05) is 49.4 Å². The maximum Gasteiger partial charge on any atom is 0.279 e. The molecule has 1 fully saturated rings. The van der Waals surface area contributed by atoms with Crippen molar-refractivity contribution < 1.29 is 14.3 Å². The van der Waals surface area contributed by atoms with E-state index < -0.39 is 0 Å². The quantitative estimate of drug-likeness (QED) is 0.250. The molecule has 6 rings (SSSR count). The molecule has 2 aromatic heterocycles. The van der Waals surface area contributed by atoms with Crippen LogP contribution in [0.4, 0.5) is 5.69 Å². The van der Waals surface area contributed by atoms with Crippen molar-refractivity contribution in [3.8, 4) is 27.5 Å². The summed E-state index contributed by atoms with van der Waals surface area (Å²) >= 11 is 1.59. The first-order chi connectivity index (χ1) is 20.5. The number of benzene rings is 3. The van der Waals surface area contributed by atoms with Crippen molar-refractivity contribution in [1.29, 1.82) is 0 Å². The Kier molecular flexibility index (Phi) is 10.5. The van der Waals surface area contributed by atoms with Gasteiger partial charge in [0, 0.05) is 61.1 Å². The van der Waals surface area contributed by atoms with Crippen molar-refractivity contribution in [2.24, 2.45) is 0 Å². The summed E-state index contributed by atoms with van der Waals surface area (Å²) < 4.78 is 11.3. The SMILES string of the molecule is C=Cc1cc(-c2nccs2)cc(-c2nn(-c3cc(N4CCOCC4)ccc3C)c(=O)c3ccccc23)c1.C=O.COC. The molecule has 1 aliphatic heterocycles. The Labute approximate surface area is 249 Å². The number of morpholine rings is 1.